The van der Waals surface area contributed by atoms with Crippen LogP contribution in [0.25, 0.3) is 0 Å². The fourth-order valence-corrected chi connectivity index (χ4v) is 2.11. The average Bonchev–Trinajstić information content (AvgIpc) is 2.81. The minimum atomic E-state index is -3.44. The molecule has 0 N–H and O–H groups in total. The maximum absolute atomic E-state index is 11.5. The molecule has 2 aromatic rings. The van der Waals surface area contributed by atoms with E-state index in [0.717, 1.165) is 5.56 Å². The molecular formula is C11H11ClN2O3S. The molecule has 0 saturated carbocycles. The standard InChI is InChI=1S/C11H11ClN2O3S/c1-2-18(15,16)11-13-10(14-17-11)7-8-3-5-9(12)6-4-8/h3-6H,2,7H2,1H3. The lowest BCUT2D eigenvalue weighted by atomic mass is 10.1. The van der Waals surface area contributed by atoms with E-state index >= 15 is 0 Å². The molecule has 0 aliphatic heterocycles. The lowest BCUT2D eigenvalue weighted by molar-refractivity contribution is 0.327. The van der Waals surface area contributed by atoms with E-state index in [1.54, 1.807) is 12.1 Å². The Bertz CT molecular complexity index is 635. The van der Waals surface area contributed by atoms with Gasteiger partial charge in [-0.3, -0.25) is 0 Å². The first-order valence-electron chi connectivity index (χ1n) is 5.31. The van der Waals surface area contributed by atoms with Gasteiger partial charge in [0, 0.05) is 11.4 Å². The van der Waals surface area contributed by atoms with Crippen LogP contribution in [0.15, 0.2) is 34.0 Å². The van der Waals surface area contributed by atoms with Crippen molar-refractivity contribution in [3.63, 3.8) is 0 Å². The second kappa shape index (κ2) is 5.07. The van der Waals surface area contributed by atoms with E-state index in [4.69, 9.17) is 16.1 Å². The number of hydrogen-bond acceptors (Lipinski definition) is 5. The highest BCUT2D eigenvalue weighted by Crippen LogP contribution is 2.14. The van der Waals surface area contributed by atoms with Gasteiger partial charge in [-0.2, -0.15) is 4.98 Å². The number of nitrogens with zero attached hydrogens (tertiary/aromatic N) is 2. The van der Waals surface area contributed by atoms with E-state index in [2.05, 4.69) is 10.1 Å². The van der Waals surface area contributed by atoms with E-state index < -0.39 is 9.84 Å². The fraction of sp³-hybridized carbons (Fsp3) is 0.273. The van der Waals surface area contributed by atoms with Crippen LogP contribution in [-0.4, -0.2) is 24.3 Å². The molecule has 5 nitrogen and oxygen atoms in total. The van der Waals surface area contributed by atoms with Crippen molar-refractivity contribution >= 4 is 21.4 Å². The second-order valence-corrected chi connectivity index (χ2v) is 6.28. The number of sulfone groups is 1. The monoisotopic (exact) mass is 286 g/mol. The topological polar surface area (TPSA) is 73.1 Å². The predicted molar refractivity (Wildman–Crippen MR) is 66.3 cm³/mol. The summed E-state index contributed by atoms with van der Waals surface area (Å²) in [4.78, 5) is 3.87. The molecule has 18 heavy (non-hydrogen) atoms. The van der Waals surface area contributed by atoms with E-state index in [1.165, 1.54) is 6.92 Å². The molecule has 1 aromatic carbocycles. The first-order valence-corrected chi connectivity index (χ1v) is 7.34. The van der Waals surface area contributed by atoms with Gasteiger partial charge in [0.15, 0.2) is 5.82 Å². The van der Waals surface area contributed by atoms with Crippen LogP contribution in [0.1, 0.15) is 18.3 Å². The molecule has 0 unspecified atom stereocenters. The van der Waals surface area contributed by atoms with Crippen LogP contribution in [0.3, 0.4) is 0 Å². The van der Waals surface area contributed by atoms with Gasteiger partial charge < -0.3 is 4.52 Å². The summed E-state index contributed by atoms with van der Waals surface area (Å²) in [6.45, 7) is 1.53. The van der Waals surface area contributed by atoms with Crippen LogP contribution < -0.4 is 0 Å². The van der Waals surface area contributed by atoms with Gasteiger partial charge in [0.25, 0.3) is 0 Å². The summed E-state index contributed by atoms with van der Waals surface area (Å²) >= 11 is 5.77. The molecular weight excluding hydrogens is 276 g/mol. The van der Waals surface area contributed by atoms with Gasteiger partial charge in [0.05, 0.1) is 5.75 Å². The number of hydrogen-bond donors (Lipinski definition) is 0. The summed E-state index contributed by atoms with van der Waals surface area (Å²) in [5.74, 6) is 0.277. The summed E-state index contributed by atoms with van der Waals surface area (Å²) in [6, 6.07) is 7.15. The van der Waals surface area contributed by atoms with Gasteiger partial charge in [-0.15, -0.1) is 0 Å². The average molecular weight is 287 g/mol. The van der Waals surface area contributed by atoms with Gasteiger partial charge in [0.2, 0.25) is 9.84 Å². The Hall–Kier alpha value is -1.40. The second-order valence-electron chi connectivity index (χ2n) is 3.68. The molecule has 2 rings (SSSR count). The van der Waals surface area contributed by atoms with Crippen molar-refractivity contribution in [3.05, 3.63) is 40.7 Å². The fourth-order valence-electron chi connectivity index (χ4n) is 1.34. The van der Waals surface area contributed by atoms with Crippen molar-refractivity contribution in [1.29, 1.82) is 0 Å². The van der Waals surface area contributed by atoms with Crippen LogP contribution in [-0.2, 0) is 16.3 Å². The van der Waals surface area contributed by atoms with E-state index in [0.29, 0.717) is 17.3 Å². The van der Waals surface area contributed by atoms with Crippen molar-refractivity contribution in [2.24, 2.45) is 0 Å². The molecule has 0 amide bonds. The van der Waals surface area contributed by atoms with Crippen molar-refractivity contribution in [3.8, 4) is 0 Å². The highest BCUT2D eigenvalue weighted by molar-refractivity contribution is 7.91. The molecule has 1 heterocycles. The Morgan fingerprint density at radius 2 is 1.94 bits per heavy atom. The van der Waals surface area contributed by atoms with Gasteiger partial charge in [0.1, 0.15) is 0 Å². The Kier molecular flexibility index (Phi) is 3.68. The van der Waals surface area contributed by atoms with Gasteiger partial charge in [-0.05, 0) is 17.7 Å². The smallest absolute Gasteiger partial charge is 0.322 e. The number of rotatable bonds is 4. The lowest BCUT2D eigenvalue weighted by Gasteiger charge is -1.96. The number of halogens is 1. The Labute approximate surface area is 110 Å². The maximum Gasteiger partial charge on any atom is 0.342 e. The molecule has 0 aliphatic carbocycles. The summed E-state index contributed by atoms with van der Waals surface area (Å²) in [6.07, 6.45) is 0.403. The van der Waals surface area contributed by atoms with Crippen LogP contribution in [0.5, 0.6) is 0 Å². The first kappa shape index (κ1) is 13.0. The minimum Gasteiger partial charge on any atom is -0.322 e. The molecule has 0 bridgehead atoms. The third-order valence-corrected chi connectivity index (χ3v) is 4.08. The quantitative estimate of drug-likeness (QED) is 0.860. The first-order chi connectivity index (χ1) is 8.51. The van der Waals surface area contributed by atoms with Gasteiger partial charge in [-0.1, -0.05) is 35.8 Å². The van der Waals surface area contributed by atoms with Crippen LogP contribution in [0.2, 0.25) is 5.02 Å². The van der Waals surface area contributed by atoms with Crippen molar-refractivity contribution in [2.75, 3.05) is 5.75 Å². The zero-order valence-corrected chi connectivity index (χ0v) is 11.2. The highest BCUT2D eigenvalue weighted by Gasteiger charge is 2.20. The van der Waals surface area contributed by atoms with E-state index in [-0.39, 0.29) is 11.0 Å². The molecule has 0 atom stereocenters. The molecule has 0 saturated heterocycles. The summed E-state index contributed by atoms with van der Waals surface area (Å²) in [5, 5.41) is 3.96. The SMILES string of the molecule is CCS(=O)(=O)c1nc(Cc2ccc(Cl)cc2)no1. The third-order valence-electron chi connectivity index (χ3n) is 2.37. The maximum atomic E-state index is 11.5. The van der Waals surface area contributed by atoms with E-state index in [9.17, 15) is 8.42 Å². The van der Waals surface area contributed by atoms with Crippen molar-refractivity contribution < 1.29 is 12.9 Å². The molecule has 0 radical (unpaired) electrons. The predicted octanol–water partition coefficient (Wildman–Crippen LogP) is 2.11. The Morgan fingerprint density at radius 3 is 2.56 bits per heavy atom. The van der Waals surface area contributed by atoms with Crippen molar-refractivity contribution in [1.82, 2.24) is 10.1 Å². The molecule has 1 aromatic heterocycles. The summed E-state index contributed by atoms with van der Waals surface area (Å²) < 4.78 is 27.7. The Morgan fingerprint density at radius 1 is 1.28 bits per heavy atom. The van der Waals surface area contributed by atoms with Gasteiger partial charge in [-0.25, -0.2) is 8.42 Å². The van der Waals surface area contributed by atoms with Gasteiger partial charge >= 0.3 is 5.22 Å². The molecule has 0 spiro atoms. The van der Waals surface area contributed by atoms with Crippen molar-refractivity contribution in [2.45, 2.75) is 18.6 Å². The Balaban J connectivity index is 2.19. The van der Waals surface area contributed by atoms with E-state index in [1.807, 2.05) is 12.1 Å². The summed E-state index contributed by atoms with van der Waals surface area (Å²) in [7, 11) is -3.44. The van der Waals surface area contributed by atoms with Crippen LogP contribution >= 0.6 is 11.6 Å². The zero-order chi connectivity index (χ0) is 13.2. The van der Waals surface area contributed by atoms with Crippen LogP contribution in [0, 0.1) is 0 Å². The minimum absolute atomic E-state index is 0.0599. The molecule has 7 heteroatoms. The molecule has 0 aliphatic rings. The van der Waals surface area contributed by atoms with Crippen LogP contribution in [0.4, 0.5) is 0 Å². The molecule has 0 fully saturated rings. The largest absolute Gasteiger partial charge is 0.342 e. The lowest BCUT2D eigenvalue weighted by Crippen LogP contribution is -2.04. The molecule has 96 valence electrons. The zero-order valence-electron chi connectivity index (χ0n) is 9.63. The number of aromatic nitrogens is 2. The normalized spacial score (nSPS) is 11.7. The third kappa shape index (κ3) is 2.88. The number of benzene rings is 1. The highest BCUT2D eigenvalue weighted by atomic mass is 35.5. The summed E-state index contributed by atoms with van der Waals surface area (Å²) in [5.41, 5.74) is 0.931.